The summed E-state index contributed by atoms with van der Waals surface area (Å²) in [4.78, 5) is 10.8. The van der Waals surface area contributed by atoms with Gasteiger partial charge >= 0.3 is 5.97 Å². The van der Waals surface area contributed by atoms with Crippen LogP contribution >= 0.6 is 0 Å². The van der Waals surface area contributed by atoms with Gasteiger partial charge in [0, 0.05) is 12.8 Å². The Balaban J connectivity index is 3.20. The smallest absolute Gasteiger partial charge is 0.305 e. The van der Waals surface area contributed by atoms with Gasteiger partial charge in [0.05, 0.1) is 6.61 Å². The van der Waals surface area contributed by atoms with Crippen molar-refractivity contribution in [2.45, 2.75) is 45.5 Å². The van der Waals surface area contributed by atoms with Crippen molar-refractivity contribution in [1.82, 2.24) is 0 Å². The van der Waals surface area contributed by atoms with E-state index in [9.17, 15) is 13.6 Å². The Bertz CT molecular complexity index is 138. The van der Waals surface area contributed by atoms with Crippen molar-refractivity contribution in [2.24, 2.45) is 0 Å². The van der Waals surface area contributed by atoms with Gasteiger partial charge in [0.1, 0.15) is 0 Å². The minimum absolute atomic E-state index is 0.105. The molecule has 0 unspecified atom stereocenters. The second-order valence-electron chi connectivity index (χ2n) is 2.86. The summed E-state index contributed by atoms with van der Waals surface area (Å²) in [6, 6.07) is 0. The molecule has 0 aliphatic rings. The SMILES string of the molecule is CCCCOC(=O)CCCC(F)F. The Morgan fingerprint density at radius 2 is 2.08 bits per heavy atom. The number of carbonyl (C=O) groups excluding carboxylic acids is 1. The molecule has 0 amide bonds. The van der Waals surface area contributed by atoms with Crippen molar-refractivity contribution in [3.8, 4) is 0 Å². The monoisotopic (exact) mass is 194 g/mol. The summed E-state index contributed by atoms with van der Waals surface area (Å²) in [5, 5.41) is 0. The molecule has 0 spiro atoms. The third kappa shape index (κ3) is 9.24. The second kappa shape index (κ2) is 7.95. The van der Waals surface area contributed by atoms with E-state index in [1.54, 1.807) is 0 Å². The summed E-state index contributed by atoms with van der Waals surface area (Å²) in [6.45, 7) is 2.40. The number of carbonyl (C=O) groups is 1. The number of hydrogen-bond donors (Lipinski definition) is 0. The third-order valence-corrected chi connectivity index (χ3v) is 1.56. The van der Waals surface area contributed by atoms with Gasteiger partial charge in [-0.3, -0.25) is 4.79 Å². The van der Waals surface area contributed by atoms with Crippen LogP contribution in [0.5, 0.6) is 0 Å². The van der Waals surface area contributed by atoms with Crippen LogP contribution in [0.3, 0.4) is 0 Å². The molecule has 0 rings (SSSR count). The summed E-state index contributed by atoms with van der Waals surface area (Å²) < 4.78 is 28.1. The third-order valence-electron chi connectivity index (χ3n) is 1.56. The molecule has 0 saturated heterocycles. The van der Waals surface area contributed by atoms with Crippen molar-refractivity contribution >= 4 is 5.97 Å². The van der Waals surface area contributed by atoms with Crippen molar-refractivity contribution in [3.05, 3.63) is 0 Å². The lowest BCUT2D eigenvalue weighted by Gasteiger charge is -2.02. The normalized spacial score (nSPS) is 10.5. The van der Waals surface area contributed by atoms with E-state index in [2.05, 4.69) is 0 Å². The zero-order valence-electron chi connectivity index (χ0n) is 7.89. The lowest BCUT2D eigenvalue weighted by Crippen LogP contribution is -2.06. The molecular formula is C9H16F2O2. The number of rotatable bonds is 7. The fourth-order valence-electron chi connectivity index (χ4n) is 0.803. The molecular weight excluding hydrogens is 178 g/mol. The molecule has 0 aromatic heterocycles. The standard InChI is InChI=1S/C9H16F2O2/c1-2-3-7-13-9(12)6-4-5-8(10)11/h8H,2-7H2,1H3. The lowest BCUT2D eigenvalue weighted by molar-refractivity contribution is -0.144. The van der Waals surface area contributed by atoms with E-state index >= 15 is 0 Å². The van der Waals surface area contributed by atoms with Gasteiger partial charge in [-0.2, -0.15) is 0 Å². The van der Waals surface area contributed by atoms with E-state index in [-0.39, 0.29) is 25.2 Å². The zero-order valence-corrected chi connectivity index (χ0v) is 7.89. The van der Waals surface area contributed by atoms with E-state index in [0.717, 1.165) is 12.8 Å². The largest absolute Gasteiger partial charge is 0.466 e. The highest BCUT2D eigenvalue weighted by atomic mass is 19.3. The van der Waals surface area contributed by atoms with E-state index in [0.29, 0.717) is 6.61 Å². The molecule has 0 N–H and O–H groups in total. The molecule has 78 valence electrons. The average Bonchev–Trinajstić information content (AvgIpc) is 2.04. The van der Waals surface area contributed by atoms with Crippen LogP contribution in [0.2, 0.25) is 0 Å². The second-order valence-corrected chi connectivity index (χ2v) is 2.86. The molecule has 0 saturated carbocycles. The molecule has 2 nitrogen and oxygen atoms in total. The maximum absolute atomic E-state index is 11.6. The van der Waals surface area contributed by atoms with Crippen LogP contribution in [0.15, 0.2) is 0 Å². The Hall–Kier alpha value is -0.670. The van der Waals surface area contributed by atoms with Gasteiger partial charge in [0.25, 0.3) is 0 Å². The number of ether oxygens (including phenoxy) is 1. The van der Waals surface area contributed by atoms with E-state index in [1.165, 1.54) is 0 Å². The van der Waals surface area contributed by atoms with E-state index < -0.39 is 6.43 Å². The van der Waals surface area contributed by atoms with Gasteiger partial charge in [0.2, 0.25) is 6.43 Å². The minimum atomic E-state index is -2.32. The van der Waals surface area contributed by atoms with Crippen LogP contribution in [0.25, 0.3) is 0 Å². The molecule has 0 aliphatic heterocycles. The van der Waals surface area contributed by atoms with E-state index in [4.69, 9.17) is 4.74 Å². The number of esters is 1. The number of hydrogen-bond acceptors (Lipinski definition) is 2. The molecule has 13 heavy (non-hydrogen) atoms. The molecule has 0 radical (unpaired) electrons. The molecule has 0 bridgehead atoms. The summed E-state index contributed by atoms with van der Waals surface area (Å²) in [5.41, 5.74) is 0. The first-order chi connectivity index (χ1) is 6.16. The first kappa shape index (κ1) is 12.3. The first-order valence-corrected chi connectivity index (χ1v) is 4.60. The molecule has 0 heterocycles. The molecule has 0 aromatic rings. The van der Waals surface area contributed by atoms with Crippen LogP contribution in [-0.4, -0.2) is 19.0 Å². The van der Waals surface area contributed by atoms with Crippen molar-refractivity contribution in [3.63, 3.8) is 0 Å². The highest BCUT2D eigenvalue weighted by molar-refractivity contribution is 5.69. The molecule has 0 fully saturated rings. The van der Waals surface area contributed by atoms with Crippen LogP contribution in [0, 0.1) is 0 Å². The number of unbranched alkanes of at least 4 members (excludes halogenated alkanes) is 1. The topological polar surface area (TPSA) is 26.3 Å². The van der Waals surface area contributed by atoms with Gasteiger partial charge in [-0.05, 0) is 12.8 Å². The number of alkyl halides is 2. The predicted molar refractivity (Wildman–Crippen MR) is 45.7 cm³/mol. The molecule has 0 atom stereocenters. The molecule has 0 aromatic carbocycles. The fraction of sp³-hybridized carbons (Fsp3) is 0.889. The highest BCUT2D eigenvalue weighted by Crippen LogP contribution is 2.06. The predicted octanol–water partition coefficient (Wildman–Crippen LogP) is 2.77. The van der Waals surface area contributed by atoms with Crippen LogP contribution in [0.4, 0.5) is 8.78 Å². The van der Waals surface area contributed by atoms with Crippen molar-refractivity contribution in [1.29, 1.82) is 0 Å². The quantitative estimate of drug-likeness (QED) is 0.460. The summed E-state index contributed by atoms with van der Waals surface area (Å²) in [7, 11) is 0. The van der Waals surface area contributed by atoms with E-state index in [1.807, 2.05) is 6.92 Å². The van der Waals surface area contributed by atoms with Gasteiger partial charge in [0.15, 0.2) is 0 Å². The summed E-state index contributed by atoms with van der Waals surface area (Å²) in [6.07, 6.45) is -0.423. The first-order valence-electron chi connectivity index (χ1n) is 4.60. The van der Waals surface area contributed by atoms with Crippen molar-refractivity contribution in [2.75, 3.05) is 6.61 Å². The Labute approximate surface area is 77.3 Å². The van der Waals surface area contributed by atoms with Crippen LogP contribution in [-0.2, 0) is 9.53 Å². The molecule has 4 heteroatoms. The van der Waals surface area contributed by atoms with Crippen molar-refractivity contribution < 1.29 is 18.3 Å². The maximum Gasteiger partial charge on any atom is 0.305 e. The molecule has 0 aliphatic carbocycles. The van der Waals surface area contributed by atoms with Crippen LogP contribution in [0.1, 0.15) is 39.0 Å². The Morgan fingerprint density at radius 3 is 2.62 bits per heavy atom. The Morgan fingerprint density at radius 1 is 1.38 bits per heavy atom. The number of halogens is 2. The zero-order chi connectivity index (χ0) is 10.1. The average molecular weight is 194 g/mol. The highest BCUT2D eigenvalue weighted by Gasteiger charge is 2.06. The fourth-order valence-corrected chi connectivity index (χ4v) is 0.803. The van der Waals surface area contributed by atoms with Gasteiger partial charge in [-0.15, -0.1) is 0 Å². The Kier molecular flexibility index (Phi) is 7.54. The maximum atomic E-state index is 11.6. The van der Waals surface area contributed by atoms with Gasteiger partial charge in [-0.1, -0.05) is 13.3 Å². The van der Waals surface area contributed by atoms with Crippen LogP contribution < -0.4 is 0 Å². The summed E-state index contributed by atoms with van der Waals surface area (Å²) in [5.74, 6) is -0.367. The summed E-state index contributed by atoms with van der Waals surface area (Å²) >= 11 is 0. The van der Waals surface area contributed by atoms with Gasteiger partial charge < -0.3 is 4.74 Å². The van der Waals surface area contributed by atoms with Gasteiger partial charge in [-0.25, -0.2) is 8.78 Å². The minimum Gasteiger partial charge on any atom is -0.466 e. The lowest BCUT2D eigenvalue weighted by atomic mass is 10.2.